The molecule has 2 aromatic heterocycles. The van der Waals surface area contributed by atoms with Crippen LogP contribution in [0.4, 0.5) is 10.8 Å². The van der Waals surface area contributed by atoms with Gasteiger partial charge in [-0.2, -0.15) is 0 Å². The smallest absolute Gasteiger partial charge is 0.262 e. The van der Waals surface area contributed by atoms with Gasteiger partial charge in [0.1, 0.15) is 0 Å². The maximum Gasteiger partial charge on any atom is 0.262 e. The van der Waals surface area contributed by atoms with Crippen LogP contribution in [0.5, 0.6) is 0 Å². The van der Waals surface area contributed by atoms with E-state index in [-0.39, 0.29) is 22.1 Å². The van der Waals surface area contributed by atoms with Crippen LogP contribution in [0, 0.1) is 4.77 Å². The van der Waals surface area contributed by atoms with Gasteiger partial charge in [0.2, 0.25) is 5.91 Å². The zero-order valence-electron chi connectivity index (χ0n) is 17.5. The highest BCUT2D eigenvalue weighted by atomic mass is 32.1. The summed E-state index contributed by atoms with van der Waals surface area (Å²) in [6, 6.07) is 12.0. The van der Waals surface area contributed by atoms with Crippen molar-refractivity contribution in [1.29, 1.82) is 0 Å². The van der Waals surface area contributed by atoms with Gasteiger partial charge in [-0.3, -0.25) is 24.3 Å². The average Bonchev–Trinajstić information content (AvgIpc) is 3.24. The second-order valence-electron chi connectivity index (χ2n) is 7.15. The highest BCUT2D eigenvalue weighted by molar-refractivity contribution is 7.71. The Balaban J connectivity index is 1.54. The molecule has 0 aliphatic heterocycles. The first kappa shape index (κ1) is 22.3. The van der Waals surface area contributed by atoms with Crippen LogP contribution in [0.25, 0.3) is 22.2 Å². The van der Waals surface area contributed by atoms with E-state index in [4.69, 9.17) is 12.2 Å². The van der Waals surface area contributed by atoms with E-state index >= 15 is 0 Å². The topological polar surface area (TPSA) is 109 Å². The van der Waals surface area contributed by atoms with Gasteiger partial charge in [0, 0.05) is 35.7 Å². The molecule has 4 aromatic rings. The Hall–Kier alpha value is -3.89. The molecule has 33 heavy (non-hydrogen) atoms. The van der Waals surface area contributed by atoms with Gasteiger partial charge in [-0.15, -0.1) is 17.9 Å². The lowest BCUT2D eigenvalue weighted by Crippen LogP contribution is -2.22. The maximum atomic E-state index is 12.8. The lowest BCUT2D eigenvalue weighted by Gasteiger charge is -2.07. The lowest BCUT2D eigenvalue weighted by atomic mass is 10.1. The van der Waals surface area contributed by atoms with Gasteiger partial charge in [0.25, 0.3) is 11.5 Å². The van der Waals surface area contributed by atoms with Gasteiger partial charge in [0.15, 0.2) is 9.90 Å². The number of fused-ring (bicyclic) bond motifs is 1. The Morgan fingerprint density at radius 2 is 1.97 bits per heavy atom. The molecule has 0 bridgehead atoms. The number of thiazole rings is 1. The molecule has 3 N–H and O–H groups in total. The minimum Gasteiger partial charge on any atom is -0.332 e. The van der Waals surface area contributed by atoms with Crippen molar-refractivity contribution in [3.63, 3.8) is 0 Å². The number of H-pyrrole nitrogens is 1. The van der Waals surface area contributed by atoms with Crippen LogP contribution in [0.2, 0.25) is 0 Å². The predicted octanol–water partition coefficient (Wildman–Crippen LogP) is 4.58. The standard InChI is InChI=1S/C23H19N5O3S2/c1-3-10-28-21(31)17-9-6-15(11-18(17)26-23(28)32)20(30)27-22-25-19(12-33-22)14-4-7-16(8-5-14)24-13(2)29/h3-9,11-12H,1,10H2,2H3,(H,24,29)(H,26,32)(H,25,27,30). The quantitative estimate of drug-likeness (QED) is 0.278. The fourth-order valence-corrected chi connectivity index (χ4v) is 4.23. The van der Waals surface area contributed by atoms with Crippen LogP contribution in [0.15, 0.2) is 65.3 Å². The van der Waals surface area contributed by atoms with Gasteiger partial charge in [0.05, 0.1) is 16.6 Å². The third-order valence-electron chi connectivity index (χ3n) is 4.78. The minimum atomic E-state index is -0.353. The summed E-state index contributed by atoms with van der Waals surface area (Å²) in [6.07, 6.45) is 1.60. The molecule has 4 rings (SSSR count). The molecule has 0 aliphatic rings. The molecule has 2 amide bonds. The number of nitrogens with one attached hydrogen (secondary N) is 3. The Morgan fingerprint density at radius 3 is 2.67 bits per heavy atom. The van der Waals surface area contributed by atoms with Gasteiger partial charge in [-0.05, 0) is 42.5 Å². The molecule has 2 aromatic carbocycles. The molecular formula is C23H19N5O3S2. The van der Waals surface area contributed by atoms with Crippen LogP contribution < -0.4 is 16.2 Å². The Morgan fingerprint density at radius 1 is 1.21 bits per heavy atom. The van der Waals surface area contributed by atoms with Crippen molar-refractivity contribution in [2.75, 3.05) is 10.6 Å². The van der Waals surface area contributed by atoms with E-state index in [9.17, 15) is 14.4 Å². The molecule has 10 heteroatoms. The van der Waals surface area contributed by atoms with Gasteiger partial charge in [-0.25, -0.2) is 4.98 Å². The normalized spacial score (nSPS) is 10.7. The number of anilines is 2. The van der Waals surface area contributed by atoms with Crippen molar-refractivity contribution in [3.8, 4) is 11.3 Å². The summed E-state index contributed by atoms with van der Waals surface area (Å²) >= 11 is 6.55. The number of hydrogen-bond donors (Lipinski definition) is 3. The molecule has 0 spiro atoms. The highest BCUT2D eigenvalue weighted by Gasteiger charge is 2.13. The minimum absolute atomic E-state index is 0.140. The largest absolute Gasteiger partial charge is 0.332 e. The molecule has 0 saturated carbocycles. The van der Waals surface area contributed by atoms with Crippen molar-refractivity contribution < 1.29 is 9.59 Å². The number of carbonyl (C=O) groups is 2. The van der Waals surface area contributed by atoms with E-state index in [1.54, 1.807) is 36.4 Å². The van der Waals surface area contributed by atoms with E-state index in [1.165, 1.54) is 22.8 Å². The van der Waals surface area contributed by atoms with Crippen LogP contribution >= 0.6 is 23.6 Å². The van der Waals surface area contributed by atoms with Gasteiger partial charge in [-0.1, -0.05) is 18.2 Å². The SMILES string of the molecule is C=CCn1c(=S)[nH]c2cc(C(=O)Nc3nc(-c4ccc(NC(C)=O)cc4)cs3)ccc2c1=O. The van der Waals surface area contributed by atoms with Crippen molar-refractivity contribution in [2.24, 2.45) is 0 Å². The molecule has 8 nitrogen and oxygen atoms in total. The summed E-state index contributed by atoms with van der Waals surface area (Å²) in [5.74, 6) is -0.493. The van der Waals surface area contributed by atoms with Crippen LogP contribution in [-0.4, -0.2) is 26.3 Å². The van der Waals surface area contributed by atoms with Gasteiger partial charge < -0.3 is 10.3 Å². The number of allylic oxidation sites excluding steroid dienone is 1. The zero-order chi connectivity index (χ0) is 23.5. The number of nitrogens with zero attached hydrogens (tertiary/aromatic N) is 2. The number of benzene rings is 2. The predicted molar refractivity (Wildman–Crippen MR) is 133 cm³/mol. The molecule has 0 aliphatic carbocycles. The van der Waals surface area contributed by atoms with Gasteiger partial charge >= 0.3 is 0 Å². The maximum absolute atomic E-state index is 12.8. The summed E-state index contributed by atoms with van der Waals surface area (Å²) in [5.41, 5.74) is 2.86. The molecule has 0 atom stereocenters. The fourth-order valence-electron chi connectivity index (χ4n) is 3.25. The summed E-state index contributed by atoms with van der Waals surface area (Å²) in [4.78, 5) is 44.0. The number of amides is 2. The van der Waals surface area contributed by atoms with Crippen LogP contribution in [-0.2, 0) is 11.3 Å². The Bertz CT molecular complexity index is 1500. The first-order valence-electron chi connectivity index (χ1n) is 9.88. The summed E-state index contributed by atoms with van der Waals surface area (Å²) in [5, 5.41) is 8.21. The van der Waals surface area contributed by atoms with E-state index in [1.807, 2.05) is 17.5 Å². The molecule has 0 unspecified atom stereocenters. The van der Waals surface area contributed by atoms with Crippen molar-refractivity contribution in [2.45, 2.75) is 13.5 Å². The molecule has 2 heterocycles. The molecule has 0 fully saturated rings. The monoisotopic (exact) mass is 477 g/mol. The van der Waals surface area contributed by atoms with E-state index in [0.717, 1.165) is 5.56 Å². The molecule has 0 radical (unpaired) electrons. The van der Waals surface area contributed by atoms with Crippen molar-refractivity contribution in [1.82, 2.24) is 14.5 Å². The first-order chi connectivity index (χ1) is 15.9. The van der Waals surface area contributed by atoms with Crippen LogP contribution in [0.1, 0.15) is 17.3 Å². The molecular weight excluding hydrogens is 458 g/mol. The third kappa shape index (κ3) is 4.81. The Labute approximate surface area is 197 Å². The third-order valence-corrected chi connectivity index (χ3v) is 5.86. The van der Waals surface area contributed by atoms with Crippen molar-refractivity contribution in [3.05, 3.63) is 81.2 Å². The molecule has 0 saturated heterocycles. The van der Waals surface area contributed by atoms with Crippen LogP contribution in [0.3, 0.4) is 0 Å². The molecule has 166 valence electrons. The highest BCUT2D eigenvalue weighted by Crippen LogP contribution is 2.26. The Kier molecular flexibility index (Phi) is 6.29. The zero-order valence-corrected chi connectivity index (χ0v) is 19.2. The lowest BCUT2D eigenvalue weighted by molar-refractivity contribution is -0.114. The summed E-state index contributed by atoms with van der Waals surface area (Å²) in [7, 11) is 0. The number of carbonyl (C=O) groups excluding carboxylic acids is 2. The fraction of sp³-hybridized carbons (Fsp3) is 0.0870. The van der Waals surface area contributed by atoms with E-state index in [2.05, 4.69) is 27.2 Å². The number of aromatic amines is 1. The number of rotatable bonds is 6. The number of aromatic nitrogens is 3. The summed E-state index contributed by atoms with van der Waals surface area (Å²) in [6.45, 7) is 5.39. The number of hydrogen-bond acceptors (Lipinski definition) is 6. The first-order valence-corrected chi connectivity index (χ1v) is 11.2. The van der Waals surface area contributed by atoms with Crippen molar-refractivity contribution >= 4 is 57.1 Å². The van der Waals surface area contributed by atoms with E-state index < -0.39 is 0 Å². The van der Waals surface area contributed by atoms with E-state index in [0.29, 0.717) is 39.5 Å². The summed E-state index contributed by atoms with van der Waals surface area (Å²) < 4.78 is 1.67. The second kappa shape index (κ2) is 9.31. The second-order valence-corrected chi connectivity index (χ2v) is 8.39. The average molecular weight is 478 g/mol.